The van der Waals surface area contributed by atoms with Crippen LogP contribution in [-0.4, -0.2) is 28.9 Å². The maximum Gasteiger partial charge on any atom is 0.246 e. The van der Waals surface area contributed by atoms with Crippen molar-refractivity contribution in [2.24, 2.45) is 17.6 Å². The van der Waals surface area contributed by atoms with Crippen LogP contribution in [0.1, 0.15) is 51.4 Å². The van der Waals surface area contributed by atoms with Crippen LogP contribution in [0.2, 0.25) is 0 Å². The normalized spacial score (nSPS) is 39.8. The minimum Gasteiger partial charge on any atom is -0.332 e. The van der Waals surface area contributed by atoms with Crippen LogP contribution in [0.3, 0.4) is 0 Å². The Labute approximate surface area is 121 Å². The second-order valence-corrected chi connectivity index (χ2v) is 6.94. The van der Waals surface area contributed by atoms with Gasteiger partial charge in [0.25, 0.3) is 0 Å². The summed E-state index contributed by atoms with van der Waals surface area (Å²) in [6.07, 6.45) is 8.60. The molecule has 2 rings (SSSR count). The molecule has 0 heterocycles. The van der Waals surface area contributed by atoms with Gasteiger partial charge < -0.3 is 16.6 Å². The average molecular weight is 291 g/mol. The second kappa shape index (κ2) is 7.23. The zero-order valence-corrected chi connectivity index (χ0v) is 12.5. The molecule has 0 spiro atoms. The minimum absolute atomic E-state index is 0.237. The molecule has 19 heavy (non-hydrogen) atoms. The maximum absolute atomic E-state index is 9.47. The highest BCUT2D eigenvalue weighted by molar-refractivity contribution is 6.20. The predicted octanol–water partition coefficient (Wildman–Crippen LogP) is 0.778. The summed E-state index contributed by atoms with van der Waals surface area (Å²) in [4.78, 5) is 0. The molecule has 3 unspecified atom stereocenters. The number of hydrogen-bond acceptors (Lipinski definition) is 3. The third-order valence-electron chi connectivity index (χ3n) is 4.97. The number of rotatable bonds is 4. The standard InChI is InChI=1S/C14H28ClN3O/c15-10-7-5-9(6-8-10)13(16)11-3-1-2-4-12(11)18-14(17)19/h9-14,18-19H,1-8,16-17H2/p+1/t9?,10?,11?,12?,13?,14-/m1/s1. The quantitative estimate of drug-likeness (QED) is 0.456. The maximum atomic E-state index is 9.47. The molecule has 0 aromatic heterocycles. The third kappa shape index (κ3) is 4.30. The van der Waals surface area contributed by atoms with Crippen molar-refractivity contribution in [3.05, 3.63) is 0 Å². The fourth-order valence-electron chi connectivity index (χ4n) is 3.89. The molecule has 0 aliphatic heterocycles. The van der Waals surface area contributed by atoms with Crippen molar-refractivity contribution in [2.45, 2.75) is 75.2 Å². The first kappa shape index (κ1) is 15.5. The molecule has 0 radical (unpaired) electrons. The first-order valence-corrected chi connectivity index (χ1v) is 8.18. The lowest BCUT2D eigenvalue weighted by atomic mass is 9.72. The van der Waals surface area contributed by atoms with E-state index >= 15 is 0 Å². The lowest BCUT2D eigenvalue weighted by molar-refractivity contribution is -0.494. The molecule has 0 aromatic rings. The zero-order valence-electron chi connectivity index (χ0n) is 11.7. The van der Waals surface area contributed by atoms with Crippen LogP contribution >= 0.6 is 11.6 Å². The van der Waals surface area contributed by atoms with E-state index in [1.165, 1.54) is 19.3 Å². The van der Waals surface area contributed by atoms with E-state index in [9.17, 15) is 5.11 Å². The van der Waals surface area contributed by atoms with Gasteiger partial charge >= 0.3 is 0 Å². The van der Waals surface area contributed by atoms with E-state index in [0.717, 1.165) is 32.1 Å². The van der Waals surface area contributed by atoms with Crippen LogP contribution in [0.15, 0.2) is 0 Å². The van der Waals surface area contributed by atoms with Crippen molar-refractivity contribution in [1.82, 2.24) is 5.32 Å². The first-order chi connectivity index (χ1) is 9.08. The summed E-state index contributed by atoms with van der Waals surface area (Å²) in [6, 6.07) is 0.561. The van der Waals surface area contributed by atoms with Crippen LogP contribution < -0.4 is 16.8 Å². The van der Waals surface area contributed by atoms with Crippen LogP contribution in [0, 0.1) is 11.8 Å². The van der Waals surface area contributed by atoms with Gasteiger partial charge in [0.15, 0.2) is 0 Å². The Hall–Kier alpha value is 0.130. The van der Waals surface area contributed by atoms with Gasteiger partial charge in [-0.1, -0.05) is 12.8 Å². The van der Waals surface area contributed by atoms with E-state index in [-0.39, 0.29) is 6.04 Å². The van der Waals surface area contributed by atoms with Crippen molar-refractivity contribution in [1.29, 1.82) is 0 Å². The Morgan fingerprint density at radius 1 is 1.11 bits per heavy atom. The van der Waals surface area contributed by atoms with Gasteiger partial charge in [0, 0.05) is 17.5 Å². The Kier molecular flexibility index (Phi) is 5.90. The van der Waals surface area contributed by atoms with Crippen molar-refractivity contribution >= 4 is 11.6 Å². The Morgan fingerprint density at radius 3 is 2.37 bits per heavy atom. The summed E-state index contributed by atoms with van der Waals surface area (Å²) in [5, 5.41) is 13.0. The van der Waals surface area contributed by atoms with E-state index in [0.29, 0.717) is 23.3 Å². The summed E-state index contributed by atoms with van der Waals surface area (Å²) in [5.74, 6) is 1.08. The summed E-state index contributed by atoms with van der Waals surface area (Å²) in [6.45, 7) is 0. The van der Waals surface area contributed by atoms with Gasteiger partial charge in [-0.25, -0.2) is 5.32 Å². The van der Waals surface area contributed by atoms with Crippen LogP contribution in [-0.2, 0) is 0 Å². The molecular weight excluding hydrogens is 262 g/mol. The van der Waals surface area contributed by atoms with Crippen molar-refractivity contribution in [2.75, 3.05) is 0 Å². The zero-order chi connectivity index (χ0) is 13.8. The number of alkyl halides is 1. The number of hydrogen-bond donors (Lipinski definition) is 4. The van der Waals surface area contributed by atoms with Gasteiger partial charge in [0.1, 0.15) is 0 Å². The van der Waals surface area contributed by atoms with Crippen molar-refractivity contribution < 1.29 is 10.8 Å². The highest BCUT2D eigenvalue weighted by Gasteiger charge is 2.36. The monoisotopic (exact) mass is 290 g/mol. The van der Waals surface area contributed by atoms with E-state index in [4.69, 9.17) is 17.3 Å². The van der Waals surface area contributed by atoms with Gasteiger partial charge in [0.05, 0.1) is 0 Å². The molecule has 2 aliphatic carbocycles. The number of aliphatic hydroxyl groups excluding tert-OH is 1. The van der Waals surface area contributed by atoms with Gasteiger partial charge in [-0.15, -0.1) is 11.6 Å². The number of quaternary nitrogens is 1. The minimum atomic E-state index is -0.684. The SMILES string of the molecule is NC(C1CCC(Cl)CC1)C1CCCCC1N[C@@H]([NH3+])O. The fraction of sp³-hybridized carbons (Fsp3) is 1.00. The molecule has 0 amide bonds. The van der Waals surface area contributed by atoms with Crippen molar-refractivity contribution in [3.8, 4) is 0 Å². The molecule has 2 fully saturated rings. The Morgan fingerprint density at radius 2 is 1.74 bits per heavy atom. The van der Waals surface area contributed by atoms with Gasteiger partial charge in [-0.3, -0.25) is 0 Å². The highest BCUT2D eigenvalue weighted by Crippen LogP contribution is 2.36. The highest BCUT2D eigenvalue weighted by atomic mass is 35.5. The van der Waals surface area contributed by atoms with E-state index < -0.39 is 6.35 Å². The molecule has 0 aromatic carbocycles. The van der Waals surface area contributed by atoms with Crippen LogP contribution in [0.25, 0.3) is 0 Å². The lowest BCUT2D eigenvalue weighted by Crippen LogP contribution is -2.71. The number of aliphatic hydroxyl groups is 1. The van der Waals surface area contributed by atoms with Crippen LogP contribution in [0.4, 0.5) is 0 Å². The number of nitrogens with one attached hydrogen (secondary N) is 1. The third-order valence-corrected chi connectivity index (χ3v) is 5.40. The van der Waals surface area contributed by atoms with E-state index in [1.807, 2.05) is 0 Å². The molecule has 0 bridgehead atoms. The molecule has 2 saturated carbocycles. The Bertz CT molecular complexity index is 269. The molecule has 112 valence electrons. The topological polar surface area (TPSA) is 85.9 Å². The van der Waals surface area contributed by atoms with Crippen molar-refractivity contribution in [3.63, 3.8) is 0 Å². The second-order valence-electron chi connectivity index (χ2n) is 6.33. The predicted molar refractivity (Wildman–Crippen MR) is 77.4 cm³/mol. The van der Waals surface area contributed by atoms with E-state index in [1.54, 1.807) is 0 Å². The van der Waals surface area contributed by atoms with Gasteiger partial charge in [0.2, 0.25) is 6.35 Å². The van der Waals surface area contributed by atoms with Gasteiger partial charge in [-0.05, 0) is 50.4 Å². The fourth-order valence-corrected chi connectivity index (χ4v) is 4.14. The molecule has 4 nitrogen and oxygen atoms in total. The molecule has 7 N–H and O–H groups in total. The number of halogens is 1. The summed E-state index contributed by atoms with van der Waals surface area (Å²) in [5.41, 5.74) is 10.2. The molecule has 2 aliphatic rings. The van der Waals surface area contributed by atoms with E-state index in [2.05, 4.69) is 11.1 Å². The number of nitrogens with two attached hydrogens (primary N) is 1. The summed E-state index contributed by atoms with van der Waals surface area (Å²) >= 11 is 6.18. The summed E-state index contributed by atoms with van der Waals surface area (Å²) in [7, 11) is 0. The average Bonchev–Trinajstić information content (AvgIpc) is 2.39. The molecule has 0 saturated heterocycles. The molecule has 5 heteroatoms. The largest absolute Gasteiger partial charge is 0.332 e. The van der Waals surface area contributed by atoms with Gasteiger partial charge in [-0.2, -0.15) is 0 Å². The molecule has 4 atom stereocenters. The Balaban J connectivity index is 1.92. The van der Waals surface area contributed by atoms with Crippen LogP contribution in [0.5, 0.6) is 0 Å². The molecular formula is C14H29ClN3O+. The first-order valence-electron chi connectivity index (χ1n) is 7.74. The lowest BCUT2D eigenvalue weighted by Gasteiger charge is -2.41. The smallest absolute Gasteiger partial charge is 0.246 e. The summed E-state index contributed by atoms with van der Waals surface area (Å²) < 4.78 is 0.